The molecule has 1 unspecified atom stereocenters. The van der Waals surface area contributed by atoms with Crippen molar-refractivity contribution in [1.82, 2.24) is 10.6 Å². The lowest BCUT2D eigenvalue weighted by molar-refractivity contribution is -0.118. The second-order valence-corrected chi connectivity index (χ2v) is 6.54. The summed E-state index contributed by atoms with van der Waals surface area (Å²) in [7, 11) is 0. The smallest absolute Gasteiger partial charge is 0.315 e. The molecule has 0 saturated carbocycles. The Kier molecular flexibility index (Phi) is 6.57. The lowest BCUT2D eigenvalue weighted by atomic mass is 10.0. The molecule has 6 nitrogen and oxygen atoms in total. The zero-order valence-corrected chi connectivity index (χ0v) is 14.4. The second kappa shape index (κ2) is 7.97. The van der Waals surface area contributed by atoms with Gasteiger partial charge in [-0.15, -0.1) is 0 Å². The Balaban J connectivity index is 2.47. The Morgan fingerprint density at radius 1 is 1.13 bits per heavy atom. The molecule has 1 aromatic carbocycles. The molecule has 3 amide bonds. The third-order valence-corrected chi connectivity index (χ3v) is 3.61. The van der Waals surface area contributed by atoms with Gasteiger partial charge in [-0.2, -0.15) is 0 Å². The summed E-state index contributed by atoms with van der Waals surface area (Å²) >= 11 is 0. The molecule has 1 aromatic rings. The minimum absolute atomic E-state index is 0.0316. The molecule has 6 heteroatoms. The summed E-state index contributed by atoms with van der Waals surface area (Å²) in [5.74, 6) is -0.103. The average molecular weight is 321 g/mol. The first kappa shape index (κ1) is 19.0. The molecule has 1 rings (SSSR count). The van der Waals surface area contributed by atoms with Gasteiger partial charge in [0.15, 0.2) is 0 Å². The van der Waals surface area contributed by atoms with E-state index in [1.165, 1.54) is 0 Å². The van der Waals surface area contributed by atoms with Gasteiger partial charge in [-0.1, -0.05) is 26.0 Å². The van der Waals surface area contributed by atoms with Gasteiger partial charge in [-0.25, -0.2) is 4.79 Å². The van der Waals surface area contributed by atoms with Crippen LogP contribution in [-0.2, 0) is 11.3 Å². The number of hydrogen-bond acceptors (Lipinski definition) is 3. The summed E-state index contributed by atoms with van der Waals surface area (Å²) in [6.07, 6.45) is 0. The van der Waals surface area contributed by atoms with E-state index in [4.69, 9.17) is 0 Å². The zero-order chi connectivity index (χ0) is 17.6. The highest BCUT2D eigenvalue weighted by molar-refractivity contribution is 5.92. The summed E-state index contributed by atoms with van der Waals surface area (Å²) in [6.45, 7) is 9.06. The molecule has 0 bridgehead atoms. The van der Waals surface area contributed by atoms with Gasteiger partial charge in [0, 0.05) is 18.2 Å². The van der Waals surface area contributed by atoms with E-state index in [9.17, 15) is 14.7 Å². The van der Waals surface area contributed by atoms with E-state index in [1.54, 1.807) is 32.9 Å². The third kappa shape index (κ3) is 6.69. The molecule has 128 valence electrons. The standard InChI is InChI=1S/C17H27N3O3/c1-11(2)15(21)20-14-8-6-13(7-9-14)10-18-16(22)19-12(3)17(4,5)23/h6-9,11-12,23H,10H2,1-5H3,(H,20,21)(H2,18,19,22). The quantitative estimate of drug-likeness (QED) is 0.647. The van der Waals surface area contributed by atoms with Crippen LogP contribution >= 0.6 is 0 Å². The molecule has 1 atom stereocenters. The summed E-state index contributed by atoms with van der Waals surface area (Å²) in [6, 6.07) is 6.59. The van der Waals surface area contributed by atoms with Gasteiger partial charge in [-0.05, 0) is 38.5 Å². The maximum absolute atomic E-state index is 11.8. The summed E-state index contributed by atoms with van der Waals surface area (Å²) in [5, 5.41) is 18.0. The van der Waals surface area contributed by atoms with Crippen LogP contribution in [0.3, 0.4) is 0 Å². The van der Waals surface area contributed by atoms with E-state index >= 15 is 0 Å². The maximum atomic E-state index is 11.8. The third-order valence-electron chi connectivity index (χ3n) is 3.61. The molecule has 0 heterocycles. The first-order chi connectivity index (χ1) is 10.6. The highest BCUT2D eigenvalue weighted by Crippen LogP contribution is 2.11. The number of hydrogen-bond donors (Lipinski definition) is 4. The van der Waals surface area contributed by atoms with Crippen molar-refractivity contribution in [1.29, 1.82) is 0 Å². The Labute approximate surface area is 137 Å². The Hall–Kier alpha value is -2.08. The fraction of sp³-hybridized carbons (Fsp3) is 0.529. The number of amides is 3. The summed E-state index contributed by atoms with van der Waals surface area (Å²) in [5.41, 5.74) is 0.666. The molecule has 0 spiro atoms. The SMILES string of the molecule is CC(C)C(=O)Nc1ccc(CNC(=O)NC(C)C(C)(C)O)cc1. The van der Waals surface area contributed by atoms with Crippen LogP contribution in [0.1, 0.15) is 40.2 Å². The average Bonchev–Trinajstić information content (AvgIpc) is 2.45. The van der Waals surface area contributed by atoms with Gasteiger partial charge >= 0.3 is 6.03 Å². The van der Waals surface area contributed by atoms with Crippen molar-refractivity contribution in [3.63, 3.8) is 0 Å². The van der Waals surface area contributed by atoms with Gasteiger partial charge in [0.25, 0.3) is 0 Å². The van der Waals surface area contributed by atoms with E-state index in [2.05, 4.69) is 16.0 Å². The first-order valence-corrected chi connectivity index (χ1v) is 7.76. The van der Waals surface area contributed by atoms with Crippen LogP contribution in [0.5, 0.6) is 0 Å². The van der Waals surface area contributed by atoms with E-state index in [0.29, 0.717) is 6.54 Å². The molecule has 0 saturated heterocycles. The lowest BCUT2D eigenvalue weighted by Gasteiger charge is -2.26. The highest BCUT2D eigenvalue weighted by Gasteiger charge is 2.23. The zero-order valence-electron chi connectivity index (χ0n) is 14.4. The molecule has 0 aliphatic heterocycles. The van der Waals surface area contributed by atoms with Gasteiger partial charge in [0.2, 0.25) is 5.91 Å². The number of anilines is 1. The van der Waals surface area contributed by atoms with E-state index in [0.717, 1.165) is 11.3 Å². The molecule has 0 fully saturated rings. The lowest BCUT2D eigenvalue weighted by Crippen LogP contribution is -2.50. The van der Waals surface area contributed by atoms with E-state index in [1.807, 2.05) is 26.0 Å². The second-order valence-electron chi connectivity index (χ2n) is 6.54. The van der Waals surface area contributed by atoms with Crippen molar-refractivity contribution in [3.8, 4) is 0 Å². The molecule has 23 heavy (non-hydrogen) atoms. The highest BCUT2D eigenvalue weighted by atomic mass is 16.3. The number of urea groups is 1. The molecule has 0 aliphatic carbocycles. The number of nitrogens with one attached hydrogen (secondary N) is 3. The van der Waals surface area contributed by atoms with Crippen LogP contribution in [0.4, 0.5) is 10.5 Å². The predicted octanol–water partition coefficient (Wildman–Crippen LogP) is 2.24. The molecule has 0 radical (unpaired) electrons. The van der Waals surface area contributed by atoms with Crippen LogP contribution in [0.25, 0.3) is 0 Å². The van der Waals surface area contributed by atoms with Crippen LogP contribution in [0.15, 0.2) is 24.3 Å². The summed E-state index contributed by atoms with van der Waals surface area (Å²) < 4.78 is 0. The molecule has 4 N–H and O–H groups in total. The van der Waals surface area contributed by atoms with Crippen molar-refractivity contribution in [2.45, 2.75) is 52.8 Å². The van der Waals surface area contributed by atoms with Crippen LogP contribution in [0, 0.1) is 5.92 Å². The maximum Gasteiger partial charge on any atom is 0.315 e. The minimum Gasteiger partial charge on any atom is -0.388 e. The molecule has 0 aromatic heterocycles. The van der Waals surface area contributed by atoms with Crippen LogP contribution in [-0.4, -0.2) is 28.7 Å². The van der Waals surface area contributed by atoms with Crippen LogP contribution < -0.4 is 16.0 Å². The summed E-state index contributed by atoms with van der Waals surface area (Å²) in [4.78, 5) is 23.4. The number of benzene rings is 1. The van der Waals surface area contributed by atoms with Crippen molar-refractivity contribution >= 4 is 17.6 Å². The normalized spacial score (nSPS) is 12.7. The van der Waals surface area contributed by atoms with E-state index in [-0.39, 0.29) is 23.9 Å². The van der Waals surface area contributed by atoms with Gasteiger partial charge in [-0.3, -0.25) is 4.79 Å². The van der Waals surface area contributed by atoms with E-state index < -0.39 is 5.60 Å². The van der Waals surface area contributed by atoms with Crippen LogP contribution in [0.2, 0.25) is 0 Å². The number of carbonyl (C=O) groups excluding carboxylic acids is 2. The predicted molar refractivity (Wildman–Crippen MR) is 91.0 cm³/mol. The van der Waals surface area contributed by atoms with Crippen molar-refractivity contribution in [2.75, 3.05) is 5.32 Å². The minimum atomic E-state index is -0.979. The van der Waals surface area contributed by atoms with Crippen molar-refractivity contribution in [2.24, 2.45) is 5.92 Å². The Bertz CT molecular complexity index is 533. The fourth-order valence-corrected chi connectivity index (χ4v) is 1.60. The monoisotopic (exact) mass is 321 g/mol. The number of rotatable bonds is 6. The topological polar surface area (TPSA) is 90.5 Å². The van der Waals surface area contributed by atoms with Gasteiger partial charge in [0.1, 0.15) is 0 Å². The fourth-order valence-electron chi connectivity index (χ4n) is 1.60. The molecular weight excluding hydrogens is 294 g/mol. The number of carbonyl (C=O) groups is 2. The Morgan fingerprint density at radius 2 is 1.70 bits per heavy atom. The largest absolute Gasteiger partial charge is 0.388 e. The van der Waals surface area contributed by atoms with Crippen molar-refractivity contribution < 1.29 is 14.7 Å². The van der Waals surface area contributed by atoms with Gasteiger partial charge in [0.05, 0.1) is 11.6 Å². The Morgan fingerprint density at radius 3 is 2.17 bits per heavy atom. The molecule has 0 aliphatic rings. The molecular formula is C17H27N3O3. The number of aliphatic hydroxyl groups is 1. The first-order valence-electron chi connectivity index (χ1n) is 7.76. The van der Waals surface area contributed by atoms with Crippen molar-refractivity contribution in [3.05, 3.63) is 29.8 Å². The van der Waals surface area contributed by atoms with Gasteiger partial charge < -0.3 is 21.1 Å².